The Bertz CT molecular complexity index is 642. The second-order valence-electron chi connectivity index (χ2n) is 5.65. The van der Waals surface area contributed by atoms with Gasteiger partial charge < -0.3 is 5.73 Å². The summed E-state index contributed by atoms with van der Waals surface area (Å²) in [5, 5.41) is 3.59. The van der Waals surface area contributed by atoms with Crippen molar-refractivity contribution >= 4 is 28.8 Å². The van der Waals surface area contributed by atoms with Gasteiger partial charge >= 0.3 is 0 Å². The molecule has 1 aromatic carbocycles. The van der Waals surface area contributed by atoms with E-state index in [1.165, 1.54) is 0 Å². The van der Waals surface area contributed by atoms with E-state index in [2.05, 4.69) is 18.8 Å². The fraction of sp³-hybridized carbons (Fsp3) is 0.375. The Morgan fingerprint density at radius 2 is 2.14 bits per heavy atom. The van der Waals surface area contributed by atoms with E-state index in [1.54, 1.807) is 11.3 Å². The number of benzene rings is 1. The first-order chi connectivity index (χ1) is 10.5. The molecule has 0 bridgehead atoms. The Morgan fingerprint density at radius 3 is 2.77 bits per heavy atom. The van der Waals surface area contributed by atoms with Gasteiger partial charge in [-0.2, -0.15) is 0 Å². The molecule has 0 saturated heterocycles. The number of carbonyl (C=O) groups excluding carboxylic acids is 1. The Kier molecular flexibility index (Phi) is 5.94. The number of rotatable bonds is 7. The molecule has 6 heteroatoms. The van der Waals surface area contributed by atoms with Gasteiger partial charge in [-0.25, -0.2) is 4.98 Å². The van der Waals surface area contributed by atoms with Crippen LogP contribution in [0.25, 0.3) is 10.6 Å². The van der Waals surface area contributed by atoms with Crippen molar-refractivity contribution in [3.63, 3.8) is 0 Å². The number of hydrogen-bond donors (Lipinski definition) is 1. The van der Waals surface area contributed by atoms with Gasteiger partial charge in [0.1, 0.15) is 5.01 Å². The monoisotopic (exact) mass is 337 g/mol. The molecular weight excluding hydrogens is 318 g/mol. The van der Waals surface area contributed by atoms with Gasteiger partial charge in [0.15, 0.2) is 0 Å². The zero-order chi connectivity index (χ0) is 16.1. The lowest BCUT2D eigenvalue weighted by atomic mass is 10.2. The van der Waals surface area contributed by atoms with E-state index in [0.717, 1.165) is 22.8 Å². The molecule has 1 heterocycles. The summed E-state index contributed by atoms with van der Waals surface area (Å²) >= 11 is 7.76. The van der Waals surface area contributed by atoms with Crippen LogP contribution in [0.3, 0.4) is 0 Å². The molecule has 2 aromatic rings. The summed E-state index contributed by atoms with van der Waals surface area (Å²) in [5.74, 6) is 0.142. The maximum absolute atomic E-state index is 11.2. The van der Waals surface area contributed by atoms with Crippen LogP contribution >= 0.6 is 22.9 Å². The third-order valence-electron chi connectivity index (χ3n) is 3.04. The number of nitrogens with zero attached hydrogens (tertiary/aromatic N) is 2. The fourth-order valence-corrected chi connectivity index (χ4v) is 3.42. The average Bonchev–Trinajstić information content (AvgIpc) is 2.86. The van der Waals surface area contributed by atoms with Crippen molar-refractivity contribution in [2.75, 3.05) is 13.1 Å². The van der Waals surface area contributed by atoms with E-state index in [1.807, 2.05) is 34.5 Å². The average molecular weight is 338 g/mol. The standard InChI is InChI=1S/C16H20ClN3OS/c1-11(2)7-20(9-15(18)21)8-12-10-22-16(19-12)13-5-3-4-6-14(13)17/h3-6,10-11H,7-9H2,1-2H3,(H2,18,21). The van der Waals surface area contributed by atoms with E-state index < -0.39 is 0 Å². The number of amides is 1. The van der Waals surface area contributed by atoms with Gasteiger partial charge in [0.2, 0.25) is 5.91 Å². The van der Waals surface area contributed by atoms with E-state index in [-0.39, 0.29) is 12.5 Å². The van der Waals surface area contributed by atoms with Gasteiger partial charge in [0.05, 0.1) is 17.3 Å². The molecule has 2 rings (SSSR count). The summed E-state index contributed by atoms with van der Waals surface area (Å²) in [6.45, 7) is 5.90. The van der Waals surface area contributed by atoms with E-state index in [0.29, 0.717) is 17.5 Å². The van der Waals surface area contributed by atoms with Crippen LogP contribution in [-0.4, -0.2) is 28.9 Å². The van der Waals surface area contributed by atoms with Crippen LogP contribution in [0.4, 0.5) is 0 Å². The highest BCUT2D eigenvalue weighted by Crippen LogP contribution is 2.30. The van der Waals surface area contributed by atoms with Crippen molar-refractivity contribution in [1.82, 2.24) is 9.88 Å². The summed E-state index contributed by atoms with van der Waals surface area (Å²) < 4.78 is 0. The SMILES string of the molecule is CC(C)CN(CC(N)=O)Cc1csc(-c2ccccc2Cl)n1. The van der Waals surface area contributed by atoms with Gasteiger partial charge in [-0.05, 0) is 12.0 Å². The molecule has 0 saturated carbocycles. The Morgan fingerprint density at radius 1 is 1.41 bits per heavy atom. The van der Waals surface area contributed by atoms with Crippen molar-refractivity contribution in [2.45, 2.75) is 20.4 Å². The molecule has 22 heavy (non-hydrogen) atoms. The Balaban J connectivity index is 2.13. The normalized spacial score (nSPS) is 11.3. The highest BCUT2D eigenvalue weighted by atomic mass is 35.5. The van der Waals surface area contributed by atoms with Crippen LogP contribution in [-0.2, 0) is 11.3 Å². The highest BCUT2D eigenvalue weighted by molar-refractivity contribution is 7.13. The van der Waals surface area contributed by atoms with E-state index >= 15 is 0 Å². The molecule has 0 radical (unpaired) electrons. The first-order valence-corrected chi connectivity index (χ1v) is 8.41. The van der Waals surface area contributed by atoms with Crippen molar-refractivity contribution in [1.29, 1.82) is 0 Å². The zero-order valence-electron chi connectivity index (χ0n) is 12.8. The largest absolute Gasteiger partial charge is 0.369 e. The molecular formula is C16H20ClN3OS. The van der Waals surface area contributed by atoms with Crippen molar-refractivity contribution < 1.29 is 4.79 Å². The van der Waals surface area contributed by atoms with Gasteiger partial charge in [-0.15, -0.1) is 11.3 Å². The highest BCUT2D eigenvalue weighted by Gasteiger charge is 2.14. The molecule has 1 aromatic heterocycles. The van der Waals surface area contributed by atoms with Crippen molar-refractivity contribution in [3.05, 3.63) is 40.4 Å². The fourth-order valence-electron chi connectivity index (χ4n) is 2.29. The predicted molar refractivity (Wildman–Crippen MR) is 91.9 cm³/mol. The number of carbonyl (C=O) groups is 1. The summed E-state index contributed by atoms with van der Waals surface area (Å²) in [6.07, 6.45) is 0. The molecule has 0 aliphatic carbocycles. The minimum absolute atomic E-state index is 0.247. The lowest BCUT2D eigenvalue weighted by Crippen LogP contribution is -2.35. The number of hydrogen-bond acceptors (Lipinski definition) is 4. The zero-order valence-corrected chi connectivity index (χ0v) is 14.3. The van der Waals surface area contributed by atoms with Crippen LogP contribution in [0.2, 0.25) is 5.02 Å². The van der Waals surface area contributed by atoms with Crippen LogP contribution in [0.1, 0.15) is 19.5 Å². The molecule has 0 aliphatic rings. The van der Waals surface area contributed by atoms with Crippen LogP contribution in [0.5, 0.6) is 0 Å². The molecule has 4 nitrogen and oxygen atoms in total. The molecule has 118 valence electrons. The Hall–Kier alpha value is -1.43. The maximum Gasteiger partial charge on any atom is 0.231 e. The molecule has 2 N–H and O–H groups in total. The number of aromatic nitrogens is 1. The summed E-state index contributed by atoms with van der Waals surface area (Å²) in [5.41, 5.74) is 7.19. The third-order valence-corrected chi connectivity index (χ3v) is 4.30. The predicted octanol–water partition coefficient (Wildman–Crippen LogP) is 3.41. The summed E-state index contributed by atoms with van der Waals surface area (Å²) in [4.78, 5) is 17.9. The van der Waals surface area contributed by atoms with Crippen molar-refractivity contribution in [3.8, 4) is 10.6 Å². The molecule has 0 aliphatic heterocycles. The molecule has 0 fully saturated rings. The number of thiazole rings is 1. The maximum atomic E-state index is 11.2. The minimum Gasteiger partial charge on any atom is -0.369 e. The lowest BCUT2D eigenvalue weighted by Gasteiger charge is -2.21. The molecule has 1 amide bonds. The number of primary amides is 1. The summed E-state index contributed by atoms with van der Waals surface area (Å²) in [6, 6.07) is 7.66. The lowest BCUT2D eigenvalue weighted by molar-refractivity contribution is -0.119. The van der Waals surface area contributed by atoms with Crippen LogP contribution < -0.4 is 5.73 Å². The second-order valence-corrected chi connectivity index (χ2v) is 6.92. The second kappa shape index (κ2) is 7.72. The van der Waals surface area contributed by atoms with Gasteiger partial charge in [0, 0.05) is 24.0 Å². The molecule has 0 atom stereocenters. The smallest absolute Gasteiger partial charge is 0.231 e. The van der Waals surface area contributed by atoms with Crippen LogP contribution in [0.15, 0.2) is 29.6 Å². The topological polar surface area (TPSA) is 59.2 Å². The molecule has 0 unspecified atom stereocenters. The number of halogens is 1. The quantitative estimate of drug-likeness (QED) is 0.842. The third kappa shape index (κ3) is 4.80. The minimum atomic E-state index is -0.317. The Labute approximate surface area is 139 Å². The van der Waals surface area contributed by atoms with Gasteiger partial charge in [-0.3, -0.25) is 9.69 Å². The first-order valence-electron chi connectivity index (χ1n) is 7.15. The summed E-state index contributed by atoms with van der Waals surface area (Å²) in [7, 11) is 0. The van der Waals surface area contributed by atoms with Gasteiger partial charge in [-0.1, -0.05) is 43.6 Å². The first kappa shape index (κ1) is 16.9. The van der Waals surface area contributed by atoms with Crippen LogP contribution in [0, 0.1) is 5.92 Å². The van der Waals surface area contributed by atoms with E-state index in [4.69, 9.17) is 17.3 Å². The van der Waals surface area contributed by atoms with E-state index in [9.17, 15) is 4.79 Å². The molecule has 0 spiro atoms. The van der Waals surface area contributed by atoms with Crippen molar-refractivity contribution in [2.24, 2.45) is 11.7 Å². The number of nitrogens with two attached hydrogens (primary N) is 1. The van der Waals surface area contributed by atoms with Gasteiger partial charge in [0.25, 0.3) is 0 Å².